The average Bonchev–Trinajstić information content (AvgIpc) is 2.16. The minimum Gasteiger partial charge on any atom is -0.355 e. The highest BCUT2D eigenvalue weighted by atomic mass is 35.5. The van der Waals surface area contributed by atoms with Crippen molar-refractivity contribution in [3.05, 3.63) is 0 Å². The molecule has 0 aliphatic carbocycles. The summed E-state index contributed by atoms with van der Waals surface area (Å²) in [7, 11) is 0. The van der Waals surface area contributed by atoms with E-state index in [9.17, 15) is 4.79 Å². The normalized spacial score (nSPS) is 19.1. The van der Waals surface area contributed by atoms with Gasteiger partial charge in [-0.2, -0.15) is 0 Å². The van der Waals surface area contributed by atoms with E-state index in [0.717, 1.165) is 32.5 Å². The maximum absolute atomic E-state index is 10.8. The summed E-state index contributed by atoms with van der Waals surface area (Å²) in [5.74, 6) is 0.652. The highest BCUT2D eigenvalue weighted by Crippen LogP contribution is 2.09. The SMILES string of the molecule is O=C(CCl)NCC1CCNCC1. The topological polar surface area (TPSA) is 41.1 Å². The molecule has 0 unspecified atom stereocenters. The molecule has 1 heterocycles. The lowest BCUT2D eigenvalue weighted by Crippen LogP contribution is -2.36. The van der Waals surface area contributed by atoms with Crippen molar-refractivity contribution in [2.24, 2.45) is 5.92 Å². The number of piperidine rings is 1. The molecule has 0 radical (unpaired) electrons. The van der Waals surface area contributed by atoms with E-state index < -0.39 is 0 Å². The molecule has 0 saturated carbocycles. The molecule has 2 N–H and O–H groups in total. The maximum atomic E-state index is 10.8. The van der Waals surface area contributed by atoms with Crippen LogP contribution in [0.25, 0.3) is 0 Å². The predicted molar refractivity (Wildman–Crippen MR) is 49.3 cm³/mol. The van der Waals surface area contributed by atoms with E-state index in [1.54, 1.807) is 0 Å². The quantitative estimate of drug-likeness (QED) is 0.631. The largest absolute Gasteiger partial charge is 0.355 e. The van der Waals surface area contributed by atoms with Gasteiger partial charge >= 0.3 is 0 Å². The number of nitrogens with one attached hydrogen (secondary N) is 2. The lowest BCUT2D eigenvalue weighted by Gasteiger charge is -2.22. The second kappa shape index (κ2) is 5.38. The summed E-state index contributed by atoms with van der Waals surface area (Å²) in [6, 6.07) is 0. The number of hydrogen-bond donors (Lipinski definition) is 2. The summed E-state index contributed by atoms with van der Waals surface area (Å²) in [6.45, 7) is 2.93. The molecule has 1 fully saturated rings. The fourth-order valence-corrected chi connectivity index (χ4v) is 1.49. The van der Waals surface area contributed by atoms with Gasteiger partial charge < -0.3 is 10.6 Å². The molecule has 3 nitrogen and oxygen atoms in total. The fourth-order valence-electron chi connectivity index (χ4n) is 1.39. The van der Waals surface area contributed by atoms with Crippen molar-refractivity contribution in [1.29, 1.82) is 0 Å². The molecule has 70 valence electrons. The van der Waals surface area contributed by atoms with Crippen LogP contribution in [-0.4, -0.2) is 31.4 Å². The zero-order chi connectivity index (χ0) is 8.81. The van der Waals surface area contributed by atoms with E-state index in [2.05, 4.69) is 10.6 Å². The Morgan fingerprint density at radius 3 is 2.75 bits per heavy atom. The molecule has 0 atom stereocenters. The monoisotopic (exact) mass is 190 g/mol. The van der Waals surface area contributed by atoms with Crippen LogP contribution in [0.15, 0.2) is 0 Å². The first-order valence-corrected chi connectivity index (χ1v) is 4.89. The number of halogens is 1. The molecule has 12 heavy (non-hydrogen) atoms. The van der Waals surface area contributed by atoms with E-state index in [1.807, 2.05) is 0 Å². The van der Waals surface area contributed by atoms with Crippen LogP contribution in [0.3, 0.4) is 0 Å². The summed E-state index contributed by atoms with van der Waals surface area (Å²) in [6.07, 6.45) is 2.31. The van der Waals surface area contributed by atoms with Gasteiger partial charge in [0.25, 0.3) is 0 Å². The van der Waals surface area contributed by atoms with E-state index in [-0.39, 0.29) is 11.8 Å². The lowest BCUT2D eigenvalue weighted by atomic mass is 9.98. The molecule has 0 spiro atoms. The summed E-state index contributed by atoms with van der Waals surface area (Å²) in [4.78, 5) is 10.8. The minimum absolute atomic E-state index is 0.0600. The summed E-state index contributed by atoms with van der Waals surface area (Å²) in [5, 5.41) is 6.08. The molecule has 1 rings (SSSR count). The Hall–Kier alpha value is -0.280. The van der Waals surface area contributed by atoms with Crippen LogP contribution in [0.1, 0.15) is 12.8 Å². The third-order valence-corrected chi connectivity index (χ3v) is 2.41. The Labute approximate surface area is 77.9 Å². The van der Waals surface area contributed by atoms with Crippen LogP contribution >= 0.6 is 11.6 Å². The van der Waals surface area contributed by atoms with Gasteiger partial charge in [0.05, 0.1) is 0 Å². The Bertz CT molecular complexity index is 146. The van der Waals surface area contributed by atoms with Crippen molar-refractivity contribution in [3.8, 4) is 0 Å². The van der Waals surface area contributed by atoms with Crippen molar-refractivity contribution in [3.63, 3.8) is 0 Å². The van der Waals surface area contributed by atoms with Gasteiger partial charge in [-0.25, -0.2) is 0 Å². The molecule has 1 aliphatic rings. The number of rotatable bonds is 3. The predicted octanol–water partition coefficient (Wildman–Crippen LogP) is 0.341. The Morgan fingerprint density at radius 1 is 1.50 bits per heavy atom. The Balaban J connectivity index is 2.09. The number of carbonyl (C=O) groups is 1. The zero-order valence-electron chi connectivity index (χ0n) is 7.11. The molecule has 1 saturated heterocycles. The van der Waals surface area contributed by atoms with Crippen LogP contribution in [0, 0.1) is 5.92 Å². The Kier molecular flexibility index (Phi) is 4.40. The number of carbonyl (C=O) groups excluding carboxylic acids is 1. The van der Waals surface area contributed by atoms with Gasteiger partial charge in [0.15, 0.2) is 0 Å². The summed E-state index contributed by atoms with van der Waals surface area (Å²) < 4.78 is 0. The van der Waals surface area contributed by atoms with Gasteiger partial charge in [-0.1, -0.05) is 0 Å². The van der Waals surface area contributed by atoms with Crippen LogP contribution < -0.4 is 10.6 Å². The summed E-state index contributed by atoms with van der Waals surface area (Å²) in [5.41, 5.74) is 0. The smallest absolute Gasteiger partial charge is 0.234 e. The molecule has 1 amide bonds. The van der Waals surface area contributed by atoms with Crippen molar-refractivity contribution >= 4 is 17.5 Å². The molecular formula is C8H15ClN2O. The van der Waals surface area contributed by atoms with Crippen LogP contribution in [0.4, 0.5) is 0 Å². The molecular weight excluding hydrogens is 176 g/mol. The molecule has 0 aromatic carbocycles. The van der Waals surface area contributed by atoms with E-state index >= 15 is 0 Å². The van der Waals surface area contributed by atoms with Gasteiger partial charge in [0.1, 0.15) is 5.88 Å². The fraction of sp³-hybridized carbons (Fsp3) is 0.875. The van der Waals surface area contributed by atoms with E-state index in [1.165, 1.54) is 0 Å². The van der Waals surface area contributed by atoms with Crippen molar-refractivity contribution in [2.75, 3.05) is 25.5 Å². The molecule has 4 heteroatoms. The van der Waals surface area contributed by atoms with Crippen molar-refractivity contribution < 1.29 is 4.79 Å². The van der Waals surface area contributed by atoms with Gasteiger partial charge in [-0.3, -0.25) is 4.79 Å². The van der Waals surface area contributed by atoms with Gasteiger partial charge in [0, 0.05) is 6.54 Å². The third kappa shape index (κ3) is 3.41. The van der Waals surface area contributed by atoms with Crippen LogP contribution in [-0.2, 0) is 4.79 Å². The lowest BCUT2D eigenvalue weighted by molar-refractivity contribution is -0.118. The molecule has 0 bridgehead atoms. The molecule has 0 aromatic rings. The highest BCUT2D eigenvalue weighted by Gasteiger charge is 2.12. The number of hydrogen-bond acceptors (Lipinski definition) is 2. The first-order chi connectivity index (χ1) is 5.83. The first-order valence-electron chi connectivity index (χ1n) is 4.36. The van der Waals surface area contributed by atoms with E-state index in [0.29, 0.717) is 5.92 Å². The Morgan fingerprint density at radius 2 is 2.17 bits per heavy atom. The van der Waals surface area contributed by atoms with E-state index in [4.69, 9.17) is 11.6 Å². The van der Waals surface area contributed by atoms with Gasteiger partial charge in [-0.15, -0.1) is 11.6 Å². The van der Waals surface area contributed by atoms with Crippen molar-refractivity contribution in [1.82, 2.24) is 10.6 Å². The summed E-state index contributed by atoms with van der Waals surface area (Å²) >= 11 is 5.35. The second-order valence-corrected chi connectivity index (χ2v) is 3.40. The average molecular weight is 191 g/mol. The highest BCUT2D eigenvalue weighted by molar-refractivity contribution is 6.27. The van der Waals surface area contributed by atoms with Crippen LogP contribution in [0.2, 0.25) is 0 Å². The van der Waals surface area contributed by atoms with Gasteiger partial charge in [0.2, 0.25) is 5.91 Å². The minimum atomic E-state index is -0.0600. The standard InChI is InChI=1S/C8H15ClN2O/c9-5-8(12)11-6-7-1-3-10-4-2-7/h7,10H,1-6H2,(H,11,12). The molecule has 0 aromatic heterocycles. The van der Waals surface area contributed by atoms with Crippen molar-refractivity contribution in [2.45, 2.75) is 12.8 Å². The molecule has 1 aliphatic heterocycles. The number of amides is 1. The van der Waals surface area contributed by atoms with Crippen LogP contribution in [0.5, 0.6) is 0 Å². The second-order valence-electron chi connectivity index (χ2n) is 3.13. The van der Waals surface area contributed by atoms with Gasteiger partial charge in [-0.05, 0) is 31.8 Å². The first kappa shape index (κ1) is 9.81. The maximum Gasteiger partial charge on any atom is 0.234 e. The zero-order valence-corrected chi connectivity index (χ0v) is 7.86. The number of alkyl halides is 1. The third-order valence-electron chi connectivity index (χ3n) is 2.17.